The predicted octanol–water partition coefficient (Wildman–Crippen LogP) is 1.64. The summed E-state index contributed by atoms with van der Waals surface area (Å²) in [5.74, 6) is 0.167. The van der Waals surface area contributed by atoms with Crippen LogP contribution in [-0.2, 0) is 14.8 Å². The molecule has 0 aromatic heterocycles. The predicted molar refractivity (Wildman–Crippen MR) is 88.0 cm³/mol. The molecular formula is C16H18N2O4S. The molecule has 2 aromatic rings. The zero-order valence-corrected chi connectivity index (χ0v) is 13.7. The van der Waals surface area contributed by atoms with Crippen LogP contribution in [0.5, 0.6) is 5.75 Å². The van der Waals surface area contributed by atoms with Crippen molar-refractivity contribution in [2.45, 2.75) is 4.90 Å². The van der Waals surface area contributed by atoms with Crippen molar-refractivity contribution in [1.29, 1.82) is 0 Å². The third kappa shape index (κ3) is 4.01. The number of nitrogens with one attached hydrogen (secondary N) is 1. The summed E-state index contributed by atoms with van der Waals surface area (Å²) in [5.41, 5.74) is 0.576. The van der Waals surface area contributed by atoms with E-state index in [4.69, 9.17) is 4.74 Å². The van der Waals surface area contributed by atoms with Crippen molar-refractivity contribution < 1.29 is 17.9 Å². The van der Waals surface area contributed by atoms with Gasteiger partial charge < -0.3 is 10.1 Å². The first-order valence-corrected chi connectivity index (χ1v) is 8.36. The van der Waals surface area contributed by atoms with Gasteiger partial charge in [-0.25, -0.2) is 8.42 Å². The molecule has 0 atom stereocenters. The van der Waals surface area contributed by atoms with E-state index in [9.17, 15) is 13.2 Å². The number of carbonyl (C=O) groups excluding carboxylic acids is 1. The smallest absolute Gasteiger partial charge is 0.264 e. The van der Waals surface area contributed by atoms with E-state index >= 15 is 0 Å². The number of ether oxygens (including phenoxy) is 1. The van der Waals surface area contributed by atoms with Crippen LogP contribution in [0.2, 0.25) is 0 Å². The number of likely N-dealkylation sites (N-methyl/N-ethyl adjacent to an activating group) is 1. The van der Waals surface area contributed by atoms with Crippen LogP contribution in [0.4, 0.5) is 5.69 Å². The largest absolute Gasteiger partial charge is 0.484 e. The molecule has 0 aliphatic carbocycles. The van der Waals surface area contributed by atoms with Gasteiger partial charge in [0.25, 0.3) is 15.9 Å². The molecule has 0 unspecified atom stereocenters. The van der Waals surface area contributed by atoms with Crippen LogP contribution in [0.25, 0.3) is 0 Å². The lowest BCUT2D eigenvalue weighted by molar-refractivity contribution is -0.122. The summed E-state index contributed by atoms with van der Waals surface area (Å²) in [7, 11) is -0.631. The minimum Gasteiger partial charge on any atom is -0.484 e. The minimum atomic E-state index is -3.65. The first-order chi connectivity index (χ1) is 10.9. The van der Waals surface area contributed by atoms with Gasteiger partial charge in [-0.15, -0.1) is 0 Å². The lowest BCUT2D eigenvalue weighted by Gasteiger charge is -2.19. The van der Waals surface area contributed by atoms with Crippen molar-refractivity contribution in [3.63, 3.8) is 0 Å². The zero-order valence-electron chi connectivity index (χ0n) is 12.9. The van der Waals surface area contributed by atoms with Crippen LogP contribution in [0.1, 0.15) is 0 Å². The Morgan fingerprint density at radius 2 is 1.70 bits per heavy atom. The molecular weight excluding hydrogens is 316 g/mol. The Hall–Kier alpha value is -2.54. The number of hydrogen-bond acceptors (Lipinski definition) is 4. The summed E-state index contributed by atoms with van der Waals surface area (Å²) in [6.45, 7) is -0.119. The van der Waals surface area contributed by atoms with E-state index in [0.29, 0.717) is 11.4 Å². The van der Waals surface area contributed by atoms with E-state index in [0.717, 1.165) is 0 Å². The van der Waals surface area contributed by atoms with Crippen LogP contribution >= 0.6 is 0 Å². The summed E-state index contributed by atoms with van der Waals surface area (Å²) in [4.78, 5) is 11.3. The highest BCUT2D eigenvalue weighted by molar-refractivity contribution is 7.92. The second-order valence-corrected chi connectivity index (χ2v) is 6.71. The number of carbonyl (C=O) groups is 1. The fourth-order valence-electron chi connectivity index (χ4n) is 1.86. The number of rotatable bonds is 6. The highest BCUT2D eigenvalue weighted by Gasteiger charge is 2.21. The zero-order chi connectivity index (χ0) is 16.9. The average molecular weight is 334 g/mol. The average Bonchev–Trinajstić information content (AvgIpc) is 2.60. The highest BCUT2D eigenvalue weighted by atomic mass is 32.2. The topological polar surface area (TPSA) is 75.7 Å². The molecule has 0 bridgehead atoms. The molecule has 6 nitrogen and oxygen atoms in total. The molecule has 0 fully saturated rings. The molecule has 0 saturated carbocycles. The molecule has 0 aliphatic rings. The summed E-state index contributed by atoms with van der Waals surface area (Å²) < 4.78 is 31.6. The standard InChI is InChI=1S/C16H18N2O4S/c1-17-16(19)12-22-14-8-10-15(11-9-14)23(20,21)18(2)13-6-4-3-5-7-13/h3-11H,12H2,1-2H3,(H,17,19). The number of hydrogen-bond donors (Lipinski definition) is 1. The molecule has 1 N–H and O–H groups in total. The number of sulfonamides is 1. The van der Waals surface area contributed by atoms with Gasteiger partial charge in [-0.2, -0.15) is 0 Å². The summed E-state index contributed by atoms with van der Waals surface area (Å²) in [5, 5.41) is 2.44. The Bertz CT molecular complexity index is 758. The molecule has 23 heavy (non-hydrogen) atoms. The van der Waals surface area contributed by atoms with Gasteiger partial charge in [0.1, 0.15) is 5.75 Å². The fraction of sp³-hybridized carbons (Fsp3) is 0.188. The van der Waals surface area contributed by atoms with Crippen LogP contribution < -0.4 is 14.4 Å². The van der Waals surface area contributed by atoms with E-state index in [2.05, 4.69) is 5.32 Å². The van der Waals surface area contributed by atoms with Crippen molar-refractivity contribution in [2.75, 3.05) is 25.0 Å². The molecule has 0 aliphatic heterocycles. The lowest BCUT2D eigenvalue weighted by Crippen LogP contribution is -2.26. The lowest BCUT2D eigenvalue weighted by atomic mass is 10.3. The number of benzene rings is 2. The van der Waals surface area contributed by atoms with E-state index in [1.165, 1.54) is 42.7 Å². The van der Waals surface area contributed by atoms with Gasteiger partial charge in [0.05, 0.1) is 10.6 Å². The van der Waals surface area contributed by atoms with Gasteiger partial charge in [-0.3, -0.25) is 9.10 Å². The van der Waals surface area contributed by atoms with Gasteiger partial charge in [0.2, 0.25) is 0 Å². The van der Waals surface area contributed by atoms with E-state index < -0.39 is 10.0 Å². The second kappa shape index (κ2) is 7.15. The molecule has 7 heteroatoms. The first kappa shape index (κ1) is 16.8. The van der Waals surface area contributed by atoms with Gasteiger partial charge in [0.15, 0.2) is 6.61 Å². The Balaban J connectivity index is 2.16. The van der Waals surface area contributed by atoms with Crippen molar-refractivity contribution >= 4 is 21.6 Å². The summed E-state index contributed by atoms with van der Waals surface area (Å²) >= 11 is 0. The quantitative estimate of drug-likeness (QED) is 0.871. The first-order valence-electron chi connectivity index (χ1n) is 6.92. The SMILES string of the molecule is CNC(=O)COc1ccc(S(=O)(=O)N(C)c2ccccc2)cc1. The Kier molecular flexibility index (Phi) is 5.23. The normalized spacial score (nSPS) is 10.9. The van der Waals surface area contributed by atoms with Gasteiger partial charge in [0, 0.05) is 14.1 Å². The van der Waals surface area contributed by atoms with Crippen LogP contribution in [-0.4, -0.2) is 35.0 Å². The van der Waals surface area contributed by atoms with Gasteiger partial charge in [-0.1, -0.05) is 18.2 Å². The van der Waals surface area contributed by atoms with Crippen LogP contribution in [0, 0.1) is 0 Å². The van der Waals surface area contributed by atoms with Crippen molar-refractivity contribution in [1.82, 2.24) is 5.32 Å². The minimum absolute atomic E-state index is 0.119. The number of anilines is 1. The molecule has 0 spiro atoms. The molecule has 122 valence electrons. The monoisotopic (exact) mass is 334 g/mol. The molecule has 2 aromatic carbocycles. The van der Waals surface area contributed by atoms with Crippen molar-refractivity contribution in [3.05, 3.63) is 54.6 Å². The summed E-state index contributed by atoms with van der Waals surface area (Å²) in [6.07, 6.45) is 0. The third-order valence-corrected chi connectivity index (χ3v) is 5.05. The number of amides is 1. The van der Waals surface area contributed by atoms with Gasteiger partial charge in [-0.05, 0) is 36.4 Å². The molecule has 2 rings (SSSR count). The van der Waals surface area contributed by atoms with E-state index in [-0.39, 0.29) is 17.4 Å². The molecule has 1 amide bonds. The number of para-hydroxylation sites is 1. The third-order valence-electron chi connectivity index (χ3n) is 3.25. The Labute approximate surface area is 135 Å². The highest BCUT2D eigenvalue weighted by Crippen LogP contribution is 2.23. The van der Waals surface area contributed by atoms with E-state index in [1.807, 2.05) is 6.07 Å². The maximum atomic E-state index is 12.6. The van der Waals surface area contributed by atoms with E-state index in [1.54, 1.807) is 24.3 Å². The second-order valence-electron chi connectivity index (χ2n) is 4.74. The van der Waals surface area contributed by atoms with Crippen molar-refractivity contribution in [3.8, 4) is 5.75 Å². The fourth-order valence-corrected chi connectivity index (χ4v) is 3.06. The molecule has 0 heterocycles. The maximum Gasteiger partial charge on any atom is 0.264 e. The van der Waals surface area contributed by atoms with Crippen molar-refractivity contribution in [2.24, 2.45) is 0 Å². The molecule has 0 saturated heterocycles. The van der Waals surface area contributed by atoms with Gasteiger partial charge >= 0.3 is 0 Å². The van der Waals surface area contributed by atoms with Crippen LogP contribution in [0.3, 0.4) is 0 Å². The van der Waals surface area contributed by atoms with Crippen LogP contribution in [0.15, 0.2) is 59.5 Å². The Morgan fingerprint density at radius 3 is 2.26 bits per heavy atom. The molecule has 0 radical (unpaired) electrons. The number of nitrogens with zero attached hydrogens (tertiary/aromatic N) is 1. The summed E-state index contributed by atoms with van der Waals surface area (Å²) in [6, 6.07) is 14.8. The maximum absolute atomic E-state index is 12.6. The Morgan fingerprint density at radius 1 is 1.09 bits per heavy atom.